The highest BCUT2D eigenvalue weighted by Crippen LogP contribution is 2.37. The van der Waals surface area contributed by atoms with Crippen molar-refractivity contribution in [1.82, 2.24) is 0 Å². The number of aliphatic carboxylic acids is 1. The van der Waals surface area contributed by atoms with Gasteiger partial charge in [0, 0.05) is 5.92 Å². The minimum atomic E-state index is -0.863. The Kier molecular flexibility index (Phi) is 12.1. The lowest BCUT2D eigenvalue weighted by atomic mass is 9.76. The number of carboxylic acids is 1. The van der Waals surface area contributed by atoms with Crippen LogP contribution in [0.2, 0.25) is 0 Å². The summed E-state index contributed by atoms with van der Waals surface area (Å²) in [7, 11) is 0. The van der Waals surface area contributed by atoms with E-state index in [4.69, 9.17) is 5.73 Å². The largest absolute Gasteiger partial charge is 0.508 e. The van der Waals surface area contributed by atoms with Gasteiger partial charge in [0.2, 0.25) is 0 Å². The van der Waals surface area contributed by atoms with Gasteiger partial charge in [-0.05, 0) is 104 Å². The number of hydrogen-bond donors (Lipinski definition) is 4. The fraction of sp³-hybridized carbons (Fsp3) is 0.528. The number of aliphatic hydroxyl groups excluding tert-OH is 1. The van der Waals surface area contributed by atoms with Crippen LogP contribution >= 0.6 is 0 Å². The molecule has 0 saturated heterocycles. The van der Waals surface area contributed by atoms with Crippen LogP contribution in [0.3, 0.4) is 0 Å². The van der Waals surface area contributed by atoms with Gasteiger partial charge < -0.3 is 21.1 Å². The van der Waals surface area contributed by atoms with Crippen LogP contribution in [0, 0.1) is 23.7 Å². The lowest BCUT2D eigenvalue weighted by Crippen LogP contribution is -2.27. The maximum absolute atomic E-state index is 12.1. The Balaban J connectivity index is 1.47. The number of aromatic hydroxyl groups is 1. The van der Waals surface area contributed by atoms with E-state index in [9.17, 15) is 20.1 Å². The summed E-state index contributed by atoms with van der Waals surface area (Å²) in [4.78, 5) is 12.1. The number of aliphatic hydroxyl groups is 1. The van der Waals surface area contributed by atoms with Gasteiger partial charge in [-0.2, -0.15) is 0 Å². The molecule has 5 atom stereocenters. The van der Waals surface area contributed by atoms with Gasteiger partial charge in [0.05, 0.1) is 12.5 Å². The molecule has 0 fully saturated rings. The molecule has 2 aliphatic rings. The quantitative estimate of drug-likeness (QED) is 0.163. The molecule has 222 valence electrons. The maximum atomic E-state index is 12.1. The van der Waals surface area contributed by atoms with Gasteiger partial charge in [-0.3, -0.25) is 4.79 Å². The highest BCUT2D eigenvalue weighted by atomic mass is 16.4. The summed E-state index contributed by atoms with van der Waals surface area (Å²) in [5, 5.41) is 30.0. The molecule has 0 heterocycles. The van der Waals surface area contributed by atoms with Crippen LogP contribution in [0.4, 0.5) is 0 Å². The maximum Gasteiger partial charge on any atom is 0.307 e. The van der Waals surface area contributed by atoms with E-state index < -0.39 is 17.8 Å². The number of nitrogens with two attached hydrogens (primary N) is 1. The highest BCUT2D eigenvalue weighted by Gasteiger charge is 2.28. The monoisotopic (exact) mass is 559 g/mol. The van der Waals surface area contributed by atoms with Crippen molar-refractivity contribution in [2.45, 2.75) is 83.0 Å². The number of carbonyl (C=O) groups is 1. The van der Waals surface area contributed by atoms with Gasteiger partial charge >= 0.3 is 5.97 Å². The molecule has 2 bridgehead atoms. The minimum Gasteiger partial charge on any atom is -0.508 e. The van der Waals surface area contributed by atoms with Crippen LogP contribution in [0.1, 0.15) is 86.8 Å². The van der Waals surface area contributed by atoms with Crippen molar-refractivity contribution >= 4 is 5.97 Å². The topological polar surface area (TPSA) is 104 Å². The molecule has 0 aromatic heterocycles. The number of hydrogen-bond acceptors (Lipinski definition) is 4. The molecule has 41 heavy (non-hydrogen) atoms. The van der Waals surface area contributed by atoms with Crippen molar-refractivity contribution in [3.8, 4) is 5.75 Å². The molecule has 2 aliphatic carbocycles. The molecule has 5 N–H and O–H groups in total. The number of rotatable bonds is 12. The molecule has 0 aliphatic heterocycles. The van der Waals surface area contributed by atoms with Crippen LogP contribution in [0.5, 0.6) is 5.75 Å². The number of phenolic OH excluding ortho intramolecular Hbond substituents is 1. The van der Waals surface area contributed by atoms with Crippen LogP contribution in [0.15, 0.2) is 72.3 Å². The summed E-state index contributed by atoms with van der Waals surface area (Å²) >= 11 is 0. The Morgan fingerprint density at radius 2 is 1.68 bits per heavy atom. The molecule has 2 aromatic rings. The SMILES string of the molecule is NCCC1=CC(CCCCCCC2CC=CC(CO)C(C(=O)O)Cc3cccc(c3)CC2c2ccc(O)cc2)CC1. The summed E-state index contributed by atoms with van der Waals surface area (Å²) in [5.74, 6) is -0.273. The van der Waals surface area contributed by atoms with Crippen LogP contribution in [-0.2, 0) is 17.6 Å². The summed E-state index contributed by atoms with van der Waals surface area (Å²) < 4.78 is 0. The molecular weight excluding hydrogens is 510 g/mol. The number of fused-ring (bicyclic) bond motifs is 2. The average Bonchev–Trinajstić information content (AvgIpc) is 3.41. The molecule has 0 amide bonds. The first-order valence-electron chi connectivity index (χ1n) is 15.7. The van der Waals surface area contributed by atoms with Gasteiger partial charge in [-0.15, -0.1) is 0 Å². The standard InChI is InChI=1S/C36H49NO4/c37-20-19-27-14-13-26(21-27)7-3-1-2-4-10-30-11-6-12-32(25-38)35(36(40)41)24-29-9-5-8-28(22-29)23-34(30)31-15-17-33(39)18-16-31/h5-6,8-9,12,15-18,21-22,26,30,32,34-35,38-39H,1-4,7,10-11,13-14,19-20,23-25,37H2,(H,40,41). The van der Waals surface area contributed by atoms with E-state index in [1.807, 2.05) is 18.2 Å². The predicted molar refractivity (Wildman–Crippen MR) is 166 cm³/mol. The number of unbranched alkanes of at least 4 members (excludes halogenated alkanes) is 3. The smallest absolute Gasteiger partial charge is 0.307 e. The Hall–Kier alpha value is -2.89. The van der Waals surface area contributed by atoms with Crippen molar-refractivity contribution in [2.24, 2.45) is 29.4 Å². The Morgan fingerprint density at radius 3 is 2.39 bits per heavy atom. The van der Waals surface area contributed by atoms with Crippen LogP contribution in [-0.4, -0.2) is 34.4 Å². The van der Waals surface area contributed by atoms with E-state index in [0.29, 0.717) is 12.3 Å². The Bertz CT molecular complexity index is 1150. The summed E-state index contributed by atoms with van der Waals surface area (Å²) in [6.07, 6.45) is 19.5. The van der Waals surface area contributed by atoms with Crippen molar-refractivity contribution in [3.63, 3.8) is 0 Å². The molecule has 5 nitrogen and oxygen atoms in total. The highest BCUT2D eigenvalue weighted by molar-refractivity contribution is 5.71. The van der Waals surface area contributed by atoms with Gasteiger partial charge in [0.25, 0.3) is 0 Å². The molecule has 4 rings (SSSR count). The Labute approximate surface area is 246 Å². The number of benzene rings is 2. The number of allylic oxidation sites excluding steroid dienone is 2. The van der Waals surface area contributed by atoms with E-state index >= 15 is 0 Å². The zero-order valence-corrected chi connectivity index (χ0v) is 24.5. The van der Waals surface area contributed by atoms with Crippen LogP contribution in [0.25, 0.3) is 0 Å². The lowest BCUT2D eigenvalue weighted by molar-refractivity contribution is -0.143. The van der Waals surface area contributed by atoms with E-state index in [1.165, 1.54) is 49.7 Å². The van der Waals surface area contributed by atoms with E-state index in [-0.39, 0.29) is 18.3 Å². The first-order valence-corrected chi connectivity index (χ1v) is 15.7. The summed E-state index contributed by atoms with van der Waals surface area (Å²) in [5.41, 5.74) is 10.7. The zero-order chi connectivity index (χ0) is 29.0. The van der Waals surface area contributed by atoms with Gasteiger partial charge in [0.15, 0.2) is 0 Å². The van der Waals surface area contributed by atoms with E-state index in [2.05, 4.69) is 36.4 Å². The van der Waals surface area contributed by atoms with Crippen molar-refractivity contribution in [3.05, 3.63) is 89.0 Å². The van der Waals surface area contributed by atoms with Gasteiger partial charge in [-0.1, -0.05) is 85.9 Å². The molecule has 2 aromatic carbocycles. The van der Waals surface area contributed by atoms with Gasteiger partial charge in [0.1, 0.15) is 5.75 Å². The van der Waals surface area contributed by atoms with Gasteiger partial charge in [-0.25, -0.2) is 0 Å². The van der Waals surface area contributed by atoms with Crippen LogP contribution < -0.4 is 5.73 Å². The third-order valence-corrected chi connectivity index (χ3v) is 9.33. The van der Waals surface area contributed by atoms with Crippen molar-refractivity contribution < 1.29 is 20.1 Å². The molecule has 0 spiro atoms. The average molecular weight is 560 g/mol. The second-order valence-electron chi connectivity index (χ2n) is 12.3. The molecule has 5 unspecified atom stereocenters. The third-order valence-electron chi connectivity index (χ3n) is 9.33. The first-order chi connectivity index (χ1) is 20.0. The minimum absolute atomic E-state index is 0.177. The van der Waals surface area contributed by atoms with E-state index in [1.54, 1.807) is 17.7 Å². The third kappa shape index (κ3) is 9.31. The van der Waals surface area contributed by atoms with Crippen molar-refractivity contribution in [2.75, 3.05) is 13.2 Å². The van der Waals surface area contributed by atoms with Crippen molar-refractivity contribution in [1.29, 1.82) is 0 Å². The number of phenols is 1. The first kappa shape index (κ1) is 31.1. The number of carboxylic acid groups (broad SMARTS) is 1. The molecule has 0 saturated carbocycles. The predicted octanol–water partition coefficient (Wildman–Crippen LogP) is 7.17. The lowest BCUT2D eigenvalue weighted by Gasteiger charge is -2.29. The zero-order valence-electron chi connectivity index (χ0n) is 24.5. The molecule has 5 heteroatoms. The Morgan fingerprint density at radius 1 is 0.951 bits per heavy atom. The fourth-order valence-corrected chi connectivity index (χ4v) is 6.98. The summed E-state index contributed by atoms with van der Waals surface area (Å²) in [6, 6.07) is 16.0. The summed E-state index contributed by atoms with van der Waals surface area (Å²) in [6.45, 7) is 0.579. The normalized spacial score (nSPS) is 24.8. The van der Waals surface area contributed by atoms with E-state index in [0.717, 1.165) is 50.1 Å². The second kappa shape index (κ2) is 15.9. The second-order valence-corrected chi connectivity index (χ2v) is 12.3. The fourth-order valence-electron chi connectivity index (χ4n) is 6.98. The molecule has 0 radical (unpaired) electrons. The molecular formula is C36H49NO4.